The smallest absolute Gasteiger partial charge is 0.374 e. The van der Waals surface area contributed by atoms with Gasteiger partial charge in [0.1, 0.15) is 0 Å². The maximum Gasteiger partial charge on any atom is 0.460 e. The van der Waals surface area contributed by atoms with Gasteiger partial charge in [0.2, 0.25) is 5.60 Å². The van der Waals surface area contributed by atoms with E-state index < -0.39 is 109 Å². The molecule has 0 unspecified atom stereocenters. The van der Waals surface area contributed by atoms with Crippen LogP contribution in [0.1, 0.15) is 22.3 Å². The molecule has 0 aromatic heterocycles. The maximum absolute atomic E-state index is 16.4. The molecule has 1 aliphatic carbocycles. The number of hydrogen-bond acceptors (Lipinski definition) is 2. The normalized spacial score (nSPS) is 21.2. The highest BCUT2D eigenvalue weighted by Gasteiger charge is 2.96. The molecule has 0 aliphatic heterocycles. The van der Waals surface area contributed by atoms with Crippen LogP contribution in [0, 0.1) is 0 Å². The van der Waals surface area contributed by atoms with E-state index in [2.05, 4.69) is 0 Å². The van der Waals surface area contributed by atoms with Crippen LogP contribution in [0.25, 0.3) is 21.5 Å². The van der Waals surface area contributed by atoms with Crippen LogP contribution in [0.15, 0.2) is 72.8 Å². The Balaban J connectivity index is 1.89. The number of hydrogen-bond donors (Lipinski definition) is 2. The molecule has 0 saturated heterocycles. The van der Waals surface area contributed by atoms with Gasteiger partial charge in [-0.05, 0) is 45.8 Å². The maximum atomic E-state index is 16.4. The third-order valence-corrected chi connectivity index (χ3v) is 8.92. The summed E-state index contributed by atoms with van der Waals surface area (Å²) in [6.45, 7) is 0. The van der Waals surface area contributed by atoms with Gasteiger partial charge >= 0.3 is 53.8 Å². The zero-order valence-electron chi connectivity index (χ0n) is 24.9. The number of aliphatic hydroxyl groups is 2. The molecule has 0 heterocycles. The van der Waals surface area contributed by atoms with E-state index in [-0.39, 0.29) is 24.3 Å². The second kappa shape index (κ2) is 11.0. The molecule has 2 N–H and O–H groups in total. The van der Waals surface area contributed by atoms with Gasteiger partial charge in [-0.3, -0.25) is 0 Å². The Bertz CT molecular complexity index is 2010. The first kappa shape index (κ1) is 40.1. The summed E-state index contributed by atoms with van der Waals surface area (Å²) in [4.78, 5) is 0. The van der Waals surface area contributed by atoms with Crippen LogP contribution in [0.2, 0.25) is 0 Å². The molecular weight excluding hydrogens is 784 g/mol. The average Bonchev–Trinajstić information content (AvgIpc) is 3.04. The van der Waals surface area contributed by atoms with Gasteiger partial charge in [-0.1, -0.05) is 48.5 Å². The van der Waals surface area contributed by atoms with Gasteiger partial charge in [-0.25, -0.2) is 0 Å². The molecule has 0 amide bonds. The Labute approximate surface area is 280 Å². The molecule has 0 saturated carbocycles. The van der Waals surface area contributed by atoms with Gasteiger partial charge in [0.05, 0.1) is 0 Å². The number of fused-ring (bicyclic) bond motifs is 4. The van der Waals surface area contributed by atoms with Crippen molar-refractivity contribution in [2.45, 2.75) is 65.0 Å². The summed E-state index contributed by atoms with van der Waals surface area (Å²) in [6.07, 6.45) is -14.1. The van der Waals surface area contributed by atoms with E-state index in [0.29, 0.717) is 0 Å². The summed E-state index contributed by atoms with van der Waals surface area (Å²) in [5.74, 6) is -60.3. The second-order valence-electron chi connectivity index (χ2n) is 11.9. The Hall–Kier alpha value is -4.08. The van der Waals surface area contributed by atoms with Crippen LogP contribution in [0.3, 0.4) is 0 Å². The molecule has 2 nitrogen and oxygen atoms in total. The lowest BCUT2D eigenvalue weighted by atomic mass is 9.62. The molecule has 5 rings (SSSR count). The number of halogens is 20. The van der Waals surface area contributed by atoms with Crippen molar-refractivity contribution in [2.24, 2.45) is 0 Å². The van der Waals surface area contributed by atoms with Gasteiger partial charge in [0, 0.05) is 22.3 Å². The zero-order chi connectivity index (χ0) is 40.6. The molecule has 0 bridgehead atoms. The first-order valence-electron chi connectivity index (χ1n) is 13.9. The Kier molecular flexibility index (Phi) is 8.33. The van der Waals surface area contributed by atoms with Gasteiger partial charge < -0.3 is 10.2 Å². The van der Waals surface area contributed by atoms with Crippen LogP contribution in [-0.4, -0.2) is 64.0 Å². The average molecular weight is 798 g/mol. The van der Waals surface area contributed by atoms with Crippen molar-refractivity contribution in [1.29, 1.82) is 0 Å². The van der Waals surface area contributed by atoms with Gasteiger partial charge in [0.15, 0.2) is 5.60 Å². The standard InChI is InChI=1S/C31H14F20O2/c32-23(33,24(34,35)25(36,37)26(38,39)27(40,41)28(42,43)29(44,45)31(49,50)51)21(52)17-9-13-5-1-3-7-15(13)11-19(17)22(53,30(46,47)48)20-12-16-8-4-2-6-14(16)10-18(20)21/h1-12,52-53H. The van der Waals surface area contributed by atoms with Gasteiger partial charge in [-0.2, -0.15) is 87.8 Å². The predicted octanol–water partition coefficient (Wildman–Crippen LogP) is 10.3. The summed E-state index contributed by atoms with van der Waals surface area (Å²) in [5, 5.41) is 20.6. The largest absolute Gasteiger partial charge is 0.460 e. The highest BCUT2D eigenvalue weighted by molar-refractivity contribution is 5.89. The van der Waals surface area contributed by atoms with E-state index in [4.69, 9.17) is 0 Å². The molecule has 22 heteroatoms. The molecule has 53 heavy (non-hydrogen) atoms. The van der Waals surface area contributed by atoms with E-state index in [0.717, 1.165) is 48.5 Å². The van der Waals surface area contributed by atoms with Gasteiger partial charge in [0.25, 0.3) is 0 Å². The fourth-order valence-corrected chi connectivity index (χ4v) is 6.00. The lowest BCUT2D eigenvalue weighted by Gasteiger charge is -2.50. The van der Waals surface area contributed by atoms with E-state index in [1.165, 1.54) is 0 Å². The molecule has 4 aromatic rings. The molecule has 290 valence electrons. The van der Waals surface area contributed by atoms with E-state index in [1.807, 2.05) is 0 Å². The van der Waals surface area contributed by atoms with Crippen molar-refractivity contribution in [1.82, 2.24) is 0 Å². The Morgan fingerprint density at radius 2 is 0.585 bits per heavy atom. The predicted molar refractivity (Wildman–Crippen MR) is 141 cm³/mol. The molecular formula is C31H14F20O2. The monoisotopic (exact) mass is 798 g/mol. The third-order valence-electron chi connectivity index (χ3n) is 8.92. The lowest BCUT2D eigenvalue weighted by molar-refractivity contribution is -0.466. The quantitative estimate of drug-likeness (QED) is 0.183. The Morgan fingerprint density at radius 3 is 0.849 bits per heavy atom. The fraction of sp³-hybridized carbons (Fsp3) is 0.355. The van der Waals surface area contributed by atoms with Crippen molar-refractivity contribution < 1.29 is 98.0 Å². The SMILES string of the molecule is OC1(C(F)(F)F)c2cc3ccccc3cc2C(O)(C(F)(F)C(F)(F)C(F)(F)C(F)(F)C(F)(F)C(F)(F)C(F)(F)C(F)(F)F)c2cc3ccccc3cc21. The van der Waals surface area contributed by atoms with Crippen LogP contribution in [0.5, 0.6) is 0 Å². The van der Waals surface area contributed by atoms with Crippen LogP contribution < -0.4 is 0 Å². The lowest BCUT2D eigenvalue weighted by Crippen LogP contribution is -2.76. The van der Waals surface area contributed by atoms with Crippen molar-refractivity contribution in [3.8, 4) is 0 Å². The minimum Gasteiger partial charge on any atom is -0.374 e. The van der Waals surface area contributed by atoms with Gasteiger partial charge in [-0.15, -0.1) is 0 Å². The Morgan fingerprint density at radius 1 is 0.340 bits per heavy atom. The summed E-state index contributed by atoms with van der Waals surface area (Å²) in [5.41, 5.74) is -19.1. The fourth-order valence-electron chi connectivity index (χ4n) is 6.00. The zero-order valence-corrected chi connectivity index (χ0v) is 24.9. The number of alkyl halides is 20. The summed E-state index contributed by atoms with van der Waals surface area (Å²) in [7, 11) is 0. The minimum atomic E-state index is -9.03. The second-order valence-corrected chi connectivity index (χ2v) is 11.9. The summed E-state index contributed by atoms with van der Waals surface area (Å²) >= 11 is 0. The third kappa shape index (κ3) is 4.68. The highest BCUT2D eigenvalue weighted by Crippen LogP contribution is 2.68. The van der Waals surface area contributed by atoms with Crippen LogP contribution in [0.4, 0.5) is 87.8 Å². The number of rotatable bonds is 7. The van der Waals surface area contributed by atoms with E-state index in [9.17, 15) is 71.7 Å². The first-order valence-corrected chi connectivity index (χ1v) is 13.9. The topological polar surface area (TPSA) is 40.5 Å². The van der Waals surface area contributed by atoms with Crippen molar-refractivity contribution >= 4 is 21.5 Å². The van der Waals surface area contributed by atoms with E-state index in [1.54, 1.807) is 0 Å². The van der Waals surface area contributed by atoms with Crippen molar-refractivity contribution in [3.63, 3.8) is 0 Å². The van der Waals surface area contributed by atoms with Crippen LogP contribution >= 0.6 is 0 Å². The van der Waals surface area contributed by atoms with Crippen molar-refractivity contribution in [2.75, 3.05) is 0 Å². The number of benzene rings is 4. The van der Waals surface area contributed by atoms with Crippen molar-refractivity contribution in [3.05, 3.63) is 95.1 Å². The van der Waals surface area contributed by atoms with Crippen LogP contribution in [-0.2, 0) is 11.2 Å². The molecule has 0 radical (unpaired) electrons. The molecule has 0 spiro atoms. The summed E-state index contributed by atoms with van der Waals surface area (Å²) in [6, 6.07) is 7.70. The molecule has 1 aliphatic rings. The first-order chi connectivity index (χ1) is 23.6. The molecule has 0 fully saturated rings. The minimum absolute atomic E-state index is 0.0492. The molecule has 4 aromatic carbocycles. The van der Waals surface area contributed by atoms with E-state index >= 15 is 26.3 Å². The summed E-state index contributed by atoms with van der Waals surface area (Å²) < 4.78 is 288. The highest BCUT2D eigenvalue weighted by atomic mass is 19.4. The molecule has 0 atom stereocenters.